The van der Waals surface area contributed by atoms with Crippen molar-refractivity contribution >= 4 is 5.65 Å². The van der Waals surface area contributed by atoms with Gasteiger partial charge in [0, 0.05) is 24.2 Å². The first kappa shape index (κ1) is 12.2. The van der Waals surface area contributed by atoms with Crippen LogP contribution >= 0.6 is 0 Å². The molecule has 0 aliphatic carbocycles. The molecule has 1 aromatic carbocycles. The van der Waals surface area contributed by atoms with Crippen molar-refractivity contribution in [1.82, 2.24) is 14.6 Å². The maximum atomic E-state index is 5.76. The zero-order valence-corrected chi connectivity index (χ0v) is 11.7. The van der Waals surface area contributed by atoms with Gasteiger partial charge in [-0.15, -0.1) is 0 Å². The van der Waals surface area contributed by atoms with Gasteiger partial charge in [-0.05, 0) is 31.2 Å². The Bertz CT molecular complexity index is 810. The fraction of sp³-hybridized carbons (Fsp3) is 0.250. The van der Waals surface area contributed by atoms with Crippen LogP contribution in [0.5, 0.6) is 11.5 Å². The van der Waals surface area contributed by atoms with E-state index in [1.54, 1.807) is 6.20 Å². The maximum Gasteiger partial charge on any atom is 0.161 e. The zero-order valence-electron chi connectivity index (χ0n) is 11.7. The molecule has 0 bridgehead atoms. The lowest BCUT2D eigenvalue weighted by Gasteiger charge is -2.10. The lowest BCUT2D eigenvalue weighted by atomic mass is 10.1. The van der Waals surface area contributed by atoms with E-state index in [1.807, 2.05) is 41.8 Å². The molecule has 5 heteroatoms. The molecule has 3 heterocycles. The summed E-state index contributed by atoms with van der Waals surface area (Å²) in [5.74, 6) is 1.59. The SMILES string of the molecule is Cc1cc2nccc(-c3ccc4c(c3)OCCCO4)n2n1. The van der Waals surface area contributed by atoms with Crippen LogP contribution in [0.1, 0.15) is 12.1 Å². The molecule has 106 valence electrons. The van der Waals surface area contributed by atoms with E-state index in [4.69, 9.17) is 9.47 Å². The molecule has 0 radical (unpaired) electrons. The Morgan fingerprint density at radius 1 is 1.05 bits per heavy atom. The van der Waals surface area contributed by atoms with Crippen molar-refractivity contribution in [2.24, 2.45) is 0 Å². The predicted octanol–water partition coefficient (Wildman–Crippen LogP) is 2.87. The first-order valence-corrected chi connectivity index (χ1v) is 7.03. The Labute approximate surface area is 122 Å². The number of hydrogen-bond acceptors (Lipinski definition) is 4. The number of fused-ring (bicyclic) bond motifs is 2. The summed E-state index contributed by atoms with van der Waals surface area (Å²) in [7, 11) is 0. The summed E-state index contributed by atoms with van der Waals surface area (Å²) in [6.07, 6.45) is 2.71. The van der Waals surface area contributed by atoms with Crippen molar-refractivity contribution in [3.63, 3.8) is 0 Å². The summed E-state index contributed by atoms with van der Waals surface area (Å²) in [5.41, 5.74) is 3.82. The number of rotatable bonds is 1. The minimum Gasteiger partial charge on any atom is -0.490 e. The number of aryl methyl sites for hydroxylation is 1. The number of hydrogen-bond donors (Lipinski definition) is 0. The third kappa shape index (κ3) is 2.11. The smallest absolute Gasteiger partial charge is 0.161 e. The average Bonchev–Trinajstić information content (AvgIpc) is 2.73. The highest BCUT2D eigenvalue weighted by atomic mass is 16.5. The molecule has 0 saturated heterocycles. The van der Waals surface area contributed by atoms with Crippen LogP contribution in [0.15, 0.2) is 36.5 Å². The fourth-order valence-corrected chi connectivity index (χ4v) is 2.55. The van der Waals surface area contributed by atoms with Gasteiger partial charge in [-0.1, -0.05) is 0 Å². The van der Waals surface area contributed by atoms with Crippen molar-refractivity contribution < 1.29 is 9.47 Å². The second kappa shape index (κ2) is 4.77. The number of benzene rings is 1. The monoisotopic (exact) mass is 281 g/mol. The van der Waals surface area contributed by atoms with Crippen molar-refractivity contribution in [2.75, 3.05) is 13.2 Å². The van der Waals surface area contributed by atoms with Gasteiger partial charge in [0.1, 0.15) is 0 Å². The second-order valence-electron chi connectivity index (χ2n) is 5.10. The molecule has 0 saturated carbocycles. The summed E-state index contributed by atoms with van der Waals surface area (Å²) >= 11 is 0. The van der Waals surface area contributed by atoms with Gasteiger partial charge in [-0.3, -0.25) is 0 Å². The molecule has 21 heavy (non-hydrogen) atoms. The third-order valence-corrected chi connectivity index (χ3v) is 3.52. The molecule has 0 unspecified atom stereocenters. The van der Waals surface area contributed by atoms with Crippen molar-refractivity contribution in [3.8, 4) is 22.8 Å². The summed E-state index contributed by atoms with van der Waals surface area (Å²) in [6, 6.07) is 9.91. The highest BCUT2D eigenvalue weighted by Crippen LogP contribution is 2.34. The molecule has 0 atom stereocenters. The van der Waals surface area contributed by atoms with Crippen LogP contribution in [0.4, 0.5) is 0 Å². The van der Waals surface area contributed by atoms with Crippen LogP contribution in [0.3, 0.4) is 0 Å². The van der Waals surface area contributed by atoms with Crippen molar-refractivity contribution in [1.29, 1.82) is 0 Å². The minimum absolute atomic E-state index is 0.684. The lowest BCUT2D eigenvalue weighted by molar-refractivity contribution is 0.297. The molecule has 5 nitrogen and oxygen atoms in total. The highest BCUT2D eigenvalue weighted by molar-refractivity contribution is 5.66. The summed E-state index contributed by atoms with van der Waals surface area (Å²) in [4.78, 5) is 4.34. The van der Waals surface area contributed by atoms with Gasteiger partial charge in [0.05, 0.1) is 24.6 Å². The van der Waals surface area contributed by atoms with Gasteiger partial charge in [-0.25, -0.2) is 9.50 Å². The average molecular weight is 281 g/mol. The normalized spacial score (nSPS) is 14.1. The van der Waals surface area contributed by atoms with E-state index in [1.165, 1.54) is 0 Å². The highest BCUT2D eigenvalue weighted by Gasteiger charge is 2.13. The quantitative estimate of drug-likeness (QED) is 0.688. The molecule has 0 spiro atoms. The molecule has 0 N–H and O–H groups in total. The van der Waals surface area contributed by atoms with Crippen LogP contribution in [-0.4, -0.2) is 27.8 Å². The summed E-state index contributed by atoms with van der Waals surface area (Å²) in [5, 5.41) is 4.50. The minimum atomic E-state index is 0.684. The van der Waals surface area contributed by atoms with Crippen LogP contribution in [0, 0.1) is 6.92 Å². The Morgan fingerprint density at radius 3 is 2.81 bits per heavy atom. The fourth-order valence-electron chi connectivity index (χ4n) is 2.55. The standard InChI is InChI=1S/C16H15N3O2/c1-11-9-16-17-6-5-13(19(16)18-11)12-3-4-14-15(10-12)21-8-2-7-20-14/h3-6,9-10H,2,7-8H2,1H3. The van der Waals surface area contributed by atoms with Gasteiger partial charge in [0.25, 0.3) is 0 Å². The van der Waals surface area contributed by atoms with Crippen LogP contribution in [0.2, 0.25) is 0 Å². The van der Waals surface area contributed by atoms with E-state index in [0.29, 0.717) is 13.2 Å². The predicted molar refractivity (Wildman–Crippen MR) is 78.8 cm³/mol. The molecule has 3 aromatic rings. The van der Waals surface area contributed by atoms with E-state index in [-0.39, 0.29) is 0 Å². The van der Waals surface area contributed by atoms with E-state index in [0.717, 1.165) is 40.5 Å². The van der Waals surface area contributed by atoms with E-state index >= 15 is 0 Å². The second-order valence-corrected chi connectivity index (χ2v) is 5.10. The Morgan fingerprint density at radius 2 is 1.90 bits per heavy atom. The molecule has 0 amide bonds. The Kier molecular flexibility index (Phi) is 2.77. The number of nitrogens with zero attached hydrogens (tertiary/aromatic N) is 3. The van der Waals surface area contributed by atoms with Crippen molar-refractivity contribution in [2.45, 2.75) is 13.3 Å². The maximum absolute atomic E-state index is 5.76. The first-order chi connectivity index (χ1) is 10.3. The van der Waals surface area contributed by atoms with Gasteiger partial charge in [0.15, 0.2) is 17.1 Å². The molecular formula is C16H15N3O2. The van der Waals surface area contributed by atoms with Gasteiger partial charge in [-0.2, -0.15) is 5.10 Å². The molecule has 2 aromatic heterocycles. The number of ether oxygens (including phenoxy) is 2. The lowest BCUT2D eigenvalue weighted by Crippen LogP contribution is -1.97. The van der Waals surface area contributed by atoms with Gasteiger partial charge in [0.2, 0.25) is 0 Å². The van der Waals surface area contributed by atoms with E-state index in [2.05, 4.69) is 10.1 Å². The molecule has 1 aliphatic rings. The Balaban J connectivity index is 1.87. The van der Waals surface area contributed by atoms with Crippen LogP contribution in [0.25, 0.3) is 16.9 Å². The largest absolute Gasteiger partial charge is 0.490 e. The zero-order chi connectivity index (χ0) is 14.2. The third-order valence-electron chi connectivity index (χ3n) is 3.52. The van der Waals surface area contributed by atoms with E-state index < -0.39 is 0 Å². The molecule has 1 aliphatic heterocycles. The van der Waals surface area contributed by atoms with Gasteiger partial charge < -0.3 is 9.47 Å². The molecule has 0 fully saturated rings. The topological polar surface area (TPSA) is 48.7 Å². The Hall–Kier alpha value is -2.56. The van der Waals surface area contributed by atoms with Crippen LogP contribution < -0.4 is 9.47 Å². The van der Waals surface area contributed by atoms with E-state index in [9.17, 15) is 0 Å². The van der Waals surface area contributed by atoms with Gasteiger partial charge >= 0.3 is 0 Å². The molecular weight excluding hydrogens is 266 g/mol. The van der Waals surface area contributed by atoms with Crippen LogP contribution in [-0.2, 0) is 0 Å². The number of aromatic nitrogens is 3. The summed E-state index contributed by atoms with van der Waals surface area (Å²) < 4.78 is 13.3. The molecule has 4 rings (SSSR count). The first-order valence-electron chi connectivity index (χ1n) is 7.03. The van der Waals surface area contributed by atoms with Crippen molar-refractivity contribution in [3.05, 3.63) is 42.2 Å². The summed E-state index contributed by atoms with van der Waals surface area (Å²) in [6.45, 7) is 3.35.